The zero-order valence-corrected chi connectivity index (χ0v) is 10.6. The van der Waals surface area contributed by atoms with Gasteiger partial charge >= 0.3 is 6.18 Å². The first-order chi connectivity index (χ1) is 9.27. The van der Waals surface area contributed by atoms with Crippen LogP contribution in [0.3, 0.4) is 0 Å². The molecule has 0 fully saturated rings. The van der Waals surface area contributed by atoms with Crippen molar-refractivity contribution >= 4 is 23.0 Å². The van der Waals surface area contributed by atoms with E-state index in [4.69, 9.17) is 11.5 Å². The van der Waals surface area contributed by atoms with Gasteiger partial charge in [-0.2, -0.15) is 13.2 Å². The fourth-order valence-corrected chi connectivity index (χ4v) is 1.63. The second-order valence-electron chi connectivity index (χ2n) is 4.32. The summed E-state index contributed by atoms with van der Waals surface area (Å²) in [7, 11) is 0. The first-order valence-electron chi connectivity index (χ1n) is 5.74. The van der Waals surface area contributed by atoms with Crippen LogP contribution in [0.1, 0.15) is 11.1 Å². The fourth-order valence-electron chi connectivity index (χ4n) is 1.63. The highest BCUT2D eigenvalue weighted by atomic mass is 19.4. The minimum Gasteiger partial charge on any atom is -0.396 e. The summed E-state index contributed by atoms with van der Waals surface area (Å²) in [6.07, 6.45) is -4.39. The third-order valence-corrected chi connectivity index (χ3v) is 2.79. The Morgan fingerprint density at radius 2 is 1.80 bits per heavy atom. The molecule has 0 radical (unpaired) electrons. The molecule has 0 unspecified atom stereocenters. The van der Waals surface area contributed by atoms with Crippen molar-refractivity contribution in [2.24, 2.45) is 0 Å². The van der Waals surface area contributed by atoms with Crippen LogP contribution in [-0.4, -0.2) is 4.98 Å². The SMILES string of the molecule is Cc1ccc(C(F)(F)F)cc1Nc1ccc(N)c(N)n1. The summed E-state index contributed by atoms with van der Waals surface area (Å²) < 4.78 is 38.0. The van der Waals surface area contributed by atoms with Crippen molar-refractivity contribution in [2.45, 2.75) is 13.1 Å². The van der Waals surface area contributed by atoms with Gasteiger partial charge in [-0.3, -0.25) is 0 Å². The number of pyridine rings is 1. The van der Waals surface area contributed by atoms with Crippen LogP contribution in [0.5, 0.6) is 0 Å². The van der Waals surface area contributed by atoms with Crippen LogP contribution in [0.15, 0.2) is 30.3 Å². The lowest BCUT2D eigenvalue weighted by Gasteiger charge is -2.13. The van der Waals surface area contributed by atoms with Gasteiger partial charge in [0.2, 0.25) is 0 Å². The van der Waals surface area contributed by atoms with E-state index >= 15 is 0 Å². The van der Waals surface area contributed by atoms with E-state index < -0.39 is 11.7 Å². The van der Waals surface area contributed by atoms with Crippen LogP contribution in [0.25, 0.3) is 0 Å². The van der Waals surface area contributed by atoms with Gasteiger partial charge in [-0.15, -0.1) is 0 Å². The van der Waals surface area contributed by atoms with Crippen molar-refractivity contribution in [3.8, 4) is 0 Å². The highest BCUT2D eigenvalue weighted by Gasteiger charge is 2.30. The van der Waals surface area contributed by atoms with Crippen LogP contribution in [0.2, 0.25) is 0 Å². The number of nitrogen functional groups attached to an aromatic ring is 2. The van der Waals surface area contributed by atoms with Gasteiger partial charge in [-0.25, -0.2) is 4.98 Å². The summed E-state index contributed by atoms with van der Waals surface area (Å²) in [4.78, 5) is 3.96. The van der Waals surface area contributed by atoms with Gasteiger partial charge in [-0.05, 0) is 36.8 Å². The van der Waals surface area contributed by atoms with Crippen molar-refractivity contribution < 1.29 is 13.2 Å². The van der Waals surface area contributed by atoms with E-state index in [-0.39, 0.29) is 5.82 Å². The summed E-state index contributed by atoms with van der Waals surface area (Å²) in [5.74, 6) is 0.457. The lowest BCUT2D eigenvalue weighted by molar-refractivity contribution is -0.137. The molecule has 7 heteroatoms. The van der Waals surface area contributed by atoms with E-state index in [9.17, 15) is 13.2 Å². The van der Waals surface area contributed by atoms with Gasteiger partial charge in [0.15, 0.2) is 0 Å². The molecule has 0 aliphatic carbocycles. The number of rotatable bonds is 2. The Hall–Kier alpha value is -2.44. The van der Waals surface area contributed by atoms with Crippen LogP contribution in [0.4, 0.5) is 36.2 Å². The van der Waals surface area contributed by atoms with E-state index in [2.05, 4.69) is 10.3 Å². The predicted octanol–water partition coefficient (Wildman–Crippen LogP) is 3.32. The normalized spacial score (nSPS) is 11.4. The van der Waals surface area contributed by atoms with E-state index in [1.54, 1.807) is 13.0 Å². The number of aromatic nitrogens is 1. The van der Waals surface area contributed by atoms with Crippen LogP contribution < -0.4 is 16.8 Å². The molecular formula is C13H13F3N4. The summed E-state index contributed by atoms with van der Waals surface area (Å²) >= 11 is 0. The minimum atomic E-state index is -4.39. The Balaban J connectivity index is 2.35. The Bertz CT molecular complexity index is 638. The number of nitrogens with one attached hydrogen (secondary N) is 1. The number of nitrogens with zero attached hydrogens (tertiary/aromatic N) is 1. The number of anilines is 4. The largest absolute Gasteiger partial charge is 0.416 e. The molecule has 0 spiro atoms. The quantitative estimate of drug-likeness (QED) is 0.789. The number of aryl methyl sites for hydroxylation is 1. The van der Waals surface area contributed by atoms with Crippen LogP contribution in [-0.2, 0) is 6.18 Å². The first-order valence-corrected chi connectivity index (χ1v) is 5.74. The average Bonchev–Trinajstić information content (AvgIpc) is 2.35. The number of nitrogens with two attached hydrogens (primary N) is 2. The number of hydrogen-bond donors (Lipinski definition) is 3. The highest BCUT2D eigenvalue weighted by Crippen LogP contribution is 2.33. The smallest absolute Gasteiger partial charge is 0.396 e. The van der Waals surface area contributed by atoms with Gasteiger partial charge in [0.1, 0.15) is 11.6 Å². The molecule has 0 atom stereocenters. The number of benzene rings is 1. The van der Waals surface area contributed by atoms with Crippen LogP contribution in [0, 0.1) is 6.92 Å². The lowest BCUT2D eigenvalue weighted by atomic mass is 10.1. The van der Waals surface area contributed by atoms with Gasteiger partial charge in [0.05, 0.1) is 11.3 Å². The Labute approximate surface area is 113 Å². The molecule has 1 aromatic heterocycles. The maximum absolute atomic E-state index is 12.7. The number of halogens is 3. The molecule has 20 heavy (non-hydrogen) atoms. The summed E-state index contributed by atoms with van der Waals surface area (Å²) in [5, 5.41) is 2.81. The molecule has 1 heterocycles. The minimum absolute atomic E-state index is 0.125. The fraction of sp³-hybridized carbons (Fsp3) is 0.154. The third kappa shape index (κ3) is 2.93. The summed E-state index contributed by atoms with van der Waals surface area (Å²) in [6, 6.07) is 6.54. The van der Waals surface area contributed by atoms with Crippen molar-refractivity contribution in [3.05, 3.63) is 41.5 Å². The zero-order chi connectivity index (χ0) is 14.9. The molecule has 0 saturated carbocycles. The zero-order valence-electron chi connectivity index (χ0n) is 10.6. The predicted molar refractivity (Wildman–Crippen MR) is 72.5 cm³/mol. The first kappa shape index (κ1) is 14.0. The molecule has 0 saturated heterocycles. The molecule has 0 aliphatic heterocycles. The monoisotopic (exact) mass is 282 g/mol. The van der Waals surface area contributed by atoms with E-state index in [1.165, 1.54) is 12.1 Å². The summed E-state index contributed by atoms with van der Waals surface area (Å²) in [5.41, 5.74) is 11.7. The third-order valence-electron chi connectivity index (χ3n) is 2.79. The molecule has 2 rings (SSSR count). The van der Waals surface area contributed by atoms with Crippen molar-refractivity contribution in [3.63, 3.8) is 0 Å². The van der Waals surface area contributed by atoms with Gasteiger partial charge in [-0.1, -0.05) is 6.07 Å². The Morgan fingerprint density at radius 3 is 2.40 bits per heavy atom. The van der Waals surface area contributed by atoms with E-state index in [1.807, 2.05) is 0 Å². The number of hydrogen-bond acceptors (Lipinski definition) is 4. The molecule has 4 nitrogen and oxygen atoms in total. The maximum Gasteiger partial charge on any atom is 0.416 e. The molecule has 0 bridgehead atoms. The highest BCUT2D eigenvalue weighted by molar-refractivity contribution is 5.67. The van der Waals surface area contributed by atoms with Crippen LogP contribution >= 0.6 is 0 Å². The maximum atomic E-state index is 12.7. The van der Waals surface area contributed by atoms with Crippen molar-refractivity contribution in [2.75, 3.05) is 16.8 Å². The summed E-state index contributed by atoms with van der Waals surface area (Å²) in [6.45, 7) is 1.70. The number of alkyl halides is 3. The Morgan fingerprint density at radius 1 is 1.10 bits per heavy atom. The Kier molecular flexibility index (Phi) is 3.44. The molecule has 0 aliphatic rings. The molecule has 1 aromatic carbocycles. The molecule has 2 aromatic rings. The molecule has 5 N–H and O–H groups in total. The van der Waals surface area contributed by atoms with Crippen molar-refractivity contribution in [1.82, 2.24) is 4.98 Å². The molecular weight excluding hydrogens is 269 g/mol. The second-order valence-corrected chi connectivity index (χ2v) is 4.32. The van der Waals surface area contributed by atoms with E-state index in [0.29, 0.717) is 22.8 Å². The topological polar surface area (TPSA) is 77.0 Å². The standard InChI is InChI=1S/C13H13F3N4/c1-7-2-3-8(13(14,15)16)6-10(7)19-11-5-4-9(17)12(18)20-11/h2-6H,17H2,1H3,(H3,18,19,20). The van der Waals surface area contributed by atoms with Gasteiger partial charge < -0.3 is 16.8 Å². The average molecular weight is 282 g/mol. The van der Waals surface area contributed by atoms with Gasteiger partial charge in [0.25, 0.3) is 0 Å². The van der Waals surface area contributed by atoms with Gasteiger partial charge in [0, 0.05) is 5.69 Å². The van der Waals surface area contributed by atoms with E-state index in [0.717, 1.165) is 12.1 Å². The lowest BCUT2D eigenvalue weighted by Crippen LogP contribution is -2.07. The van der Waals surface area contributed by atoms with Crippen molar-refractivity contribution in [1.29, 1.82) is 0 Å². The second kappa shape index (κ2) is 4.92. The molecule has 0 amide bonds. The molecule has 106 valence electrons.